The number of hydrogen-bond acceptors (Lipinski definition) is 7. The van der Waals surface area contributed by atoms with Gasteiger partial charge in [-0.1, -0.05) is 11.6 Å². The lowest BCUT2D eigenvalue weighted by molar-refractivity contribution is -0.265. The highest BCUT2D eigenvalue weighted by molar-refractivity contribution is 6.31. The molecule has 0 spiro atoms. The molecule has 1 atom stereocenters. The lowest BCUT2D eigenvalue weighted by Gasteiger charge is -2.32. The predicted octanol–water partition coefficient (Wildman–Crippen LogP) is 5.08. The van der Waals surface area contributed by atoms with E-state index in [9.17, 15) is 27.5 Å². The van der Waals surface area contributed by atoms with Crippen LogP contribution in [-0.4, -0.2) is 54.1 Å². The van der Waals surface area contributed by atoms with E-state index in [-0.39, 0.29) is 52.1 Å². The molecule has 4 N–H and O–H groups in total. The van der Waals surface area contributed by atoms with Gasteiger partial charge in [-0.15, -0.1) is 0 Å². The highest BCUT2D eigenvalue weighted by Crippen LogP contribution is 2.40. The van der Waals surface area contributed by atoms with Gasteiger partial charge in [0.15, 0.2) is 11.5 Å². The molecular formula is C27H27Cl2F4N3O5. The first-order chi connectivity index (χ1) is 19.2. The molecule has 1 aromatic heterocycles. The van der Waals surface area contributed by atoms with E-state index >= 15 is 0 Å². The van der Waals surface area contributed by atoms with Crippen LogP contribution >= 0.6 is 23.4 Å². The number of nitrogens with one attached hydrogen (secondary N) is 2. The third-order valence-corrected chi connectivity index (χ3v) is 6.93. The number of nitrogens with zero attached hydrogens (tertiary/aromatic N) is 1. The second kappa shape index (κ2) is 12.8. The average Bonchev–Trinajstić information content (AvgIpc) is 2.94. The van der Waals surface area contributed by atoms with Crippen LogP contribution in [0.25, 0.3) is 11.3 Å². The Hall–Kier alpha value is -3.16. The molecule has 222 valence electrons. The Balaban J connectivity index is 2.05. The topological polar surface area (TPSA) is 113 Å². The van der Waals surface area contributed by atoms with Gasteiger partial charge in [0, 0.05) is 11.1 Å². The first-order valence-corrected chi connectivity index (χ1v) is 12.8. The largest absolute Gasteiger partial charge is 0.493 e. The number of carbonyl (C=O) groups is 1. The fraction of sp³-hybridized carbons (Fsp3) is 0.333. The number of ether oxygens (including phenoxy) is 2. The fourth-order valence-electron chi connectivity index (χ4n) is 3.69. The number of aliphatic hydroxyl groups is 2. The first kappa shape index (κ1) is 32.4. The van der Waals surface area contributed by atoms with Crippen LogP contribution in [0.2, 0.25) is 5.02 Å². The maximum Gasteiger partial charge on any atom is 0.424 e. The van der Waals surface area contributed by atoms with Gasteiger partial charge in [0.1, 0.15) is 12.4 Å². The molecule has 2 aromatic carbocycles. The van der Waals surface area contributed by atoms with Crippen LogP contribution in [0.3, 0.4) is 0 Å². The predicted molar refractivity (Wildman–Crippen MR) is 145 cm³/mol. The highest BCUT2D eigenvalue weighted by Gasteiger charge is 2.56. The van der Waals surface area contributed by atoms with Gasteiger partial charge in [-0.05, 0) is 79.7 Å². The summed E-state index contributed by atoms with van der Waals surface area (Å²) in [6, 6.07) is 9.79. The number of alkyl halides is 3. The van der Waals surface area contributed by atoms with Gasteiger partial charge < -0.3 is 25.0 Å². The van der Waals surface area contributed by atoms with Gasteiger partial charge >= 0.3 is 6.18 Å². The Labute approximate surface area is 243 Å². The molecule has 0 saturated carbocycles. The zero-order valence-corrected chi connectivity index (χ0v) is 23.6. The summed E-state index contributed by atoms with van der Waals surface area (Å²) in [5.74, 6) is -1.39. The van der Waals surface area contributed by atoms with Crippen molar-refractivity contribution in [2.24, 2.45) is 0 Å². The summed E-state index contributed by atoms with van der Waals surface area (Å²) in [5, 5.41) is 21.8. The van der Waals surface area contributed by atoms with Crippen LogP contribution < -0.4 is 19.6 Å². The molecule has 3 aromatic rings. The van der Waals surface area contributed by atoms with Gasteiger partial charge in [0.05, 0.1) is 42.2 Å². The monoisotopic (exact) mass is 619 g/mol. The maximum atomic E-state index is 14.5. The first-order valence-electron chi connectivity index (χ1n) is 12.0. The van der Waals surface area contributed by atoms with E-state index in [1.54, 1.807) is 13.8 Å². The molecule has 0 radical (unpaired) electrons. The molecule has 1 amide bonds. The summed E-state index contributed by atoms with van der Waals surface area (Å²) in [4.78, 5) is 19.4. The summed E-state index contributed by atoms with van der Waals surface area (Å²) in [6.07, 6.45) is -5.30. The van der Waals surface area contributed by atoms with E-state index < -0.39 is 41.3 Å². The summed E-state index contributed by atoms with van der Waals surface area (Å²) in [5.41, 5.74) is -5.38. The number of methoxy groups -OCH3 is 1. The molecule has 0 bridgehead atoms. The van der Waals surface area contributed by atoms with E-state index in [1.165, 1.54) is 43.5 Å². The molecule has 8 nitrogen and oxygen atoms in total. The van der Waals surface area contributed by atoms with Crippen molar-refractivity contribution < 1.29 is 42.0 Å². The van der Waals surface area contributed by atoms with Crippen LogP contribution in [0.15, 0.2) is 48.5 Å². The minimum absolute atomic E-state index is 0.0469. The summed E-state index contributed by atoms with van der Waals surface area (Å²) in [7, 11) is 1.30. The van der Waals surface area contributed by atoms with Crippen molar-refractivity contribution in [1.82, 2.24) is 15.1 Å². The zero-order valence-electron chi connectivity index (χ0n) is 22.1. The summed E-state index contributed by atoms with van der Waals surface area (Å²) < 4.78 is 67.7. The van der Waals surface area contributed by atoms with E-state index in [2.05, 4.69) is 15.1 Å². The van der Waals surface area contributed by atoms with Gasteiger partial charge in [-0.3, -0.25) is 4.79 Å². The molecule has 3 rings (SSSR count). The van der Waals surface area contributed by atoms with Gasteiger partial charge in [-0.25, -0.2) is 14.2 Å². The maximum absolute atomic E-state index is 14.5. The Kier molecular flexibility index (Phi) is 10.1. The van der Waals surface area contributed by atoms with Crippen molar-refractivity contribution in [2.45, 2.75) is 31.2 Å². The van der Waals surface area contributed by atoms with E-state index in [1.807, 2.05) is 0 Å². The number of halogens is 6. The Morgan fingerprint density at radius 2 is 1.78 bits per heavy atom. The minimum atomic E-state index is -5.30. The van der Waals surface area contributed by atoms with Crippen LogP contribution in [0.4, 0.5) is 17.6 Å². The average molecular weight is 620 g/mol. The Morgan fingerprint density at radius 1 is 1.07 bits per heavy atom. The molecule has 0 unspecified atom stereocenters. The zero-order chi connectivity index (χ0) is 30.6. The lowest BCUT2D eigenvalue weighted by Crippen LogP contribution is -2.51. The van der Waals surface area contributed by atoms with Crippen LogP contribution in [-0.2, 0) is 11.1 Å². The molecule has 0 aliphatic rings. The van der Waals surface area contributed by atoms with Gasteiger partial charge in [0.2, 0.25) is 5.60 Å². The smallest absolute Gasteiger partial charge is 0.424 e. The van der Waals surface area contributed by atoms with Crippen molar-refractivity contribution >= 4 is 29.3 Å². The summed E-state index contributed by atoms with van der Waals surface area (Å²) in [6.45, 7) is 1.53. The second-order valence-electron chi connectivity index (χ2n) is 9.45. The summed E-state index contributed by atoms with van der Waals surface area (Å²) >= 11 is 11.7. The molecule has 0 saturated heterocycles. The van der Waals surface area contributed by atoms with Crippen molar-refractivity contribution in [1.29, 1.82) is 0 Å². The van der Waals surface area contributed by atoms with E-state index in [0.717, 1.165) is 12.1 Å². The molecule has 14 heteroatoms. The SMILES string of the molecule is COc1cc(C(=O)NC[C@](O)(c2cc(C(C)(C)NCl)cc(-c3ccc(F)c(Cl)c3)n2)C(F)(F)F)ccc1OCCO. The molecule has 41 heavy (non-hydrogen) atoms. The van der Waals surface area contributed by atoms with Crippen LogP contribution in [0, 0.1) is 5.82 Å². The van der Waals surface area contributed by atoms with Gasteiger partial charge in [0.25, 0.3) is 5.91 Å². The quantitative estimate of drug-likeness (QED) is 0.175. The molecule has 0 fully saturated rings. The fourth-order valence-corrected chi connectivity index (χ4v) is 3.98. The minimum Gasteiger partial charge on any atom is -0.493 e. The molecular weight excluding hydrogens is 593 g/mol. The van der Waals surface area contributed by atoms with Crippen LogP contribution in [0.1, 0.15) is 35.5 Å². The normalized spacial score (nSPS) is 13.4. The van der Waals surface area contributed by atoms with Crippen molar-refractivity contribution in [3.8, 4) is 22.8 Å². The Bertz CT molecular complexity index is 1410. The third kappa shape index (κ3) is 7.19. The van der Waals surface area contributed by atoms with Gasteiger partial charge in [-0.2, -0.15) is 13.2 Å². The molecule has 0 aliphatic heterocycles. The number of benzene rings is 2. The lowest BCUT2D eigenvalue weighted by atomic mass is 9.89. The van der Waals surface area contributed by atoms with Crippen LogP contribution in [0.5, 0.6) is 11.5 Å². The van der Waals surface area contributed by atoms with Crippen molar-refractivity contribution in [3.05, 3.63) is 76.2 Å². The Morgan fingerprint density at radius 3 is 2.37 bits per heavy atom. The van der Waals surface area contributed by atoms with Crippen molar-refractivity contribution in [2.75, 3.05) is 26.9 Å². The number of carbonyl (C=O) groups excluding carboxylic acids is 1. The standard InChI is InChI=1S/C27H27Cl2F4N3O5/c1-25(2,36-29)17-12-20(15-4-6-19(30)18(28)10-15)35-23(13-17)26(39,27(31,32)33)14-34-24(38)16-5-7-21(41-9-8-37)22(11-16)40-3/h4-7,10-13,36-37,39H,8-9,14H2,1-3H3,(H,34,38)/t26-/m0/s1. The molecule has 0 aliphatic carbocycles. The van der Waals surface area contributed by atoms with E-state index in [0.29, 0.717) is 0 Å². The van der Waals surface area contributed by atoms with Crippen molar-refractivity contribution in [3.63, 3.8) is 0 Å². The second-order valence-corrected chi connectivity index (χ2v) is 10.0. The number of aromatic nitrogens is 1. The molecule has 1 heterocycles. The number of pyridine rings is 1. The third-order valence-electron chi connectivity index (χ3n) is 6.17. The van der Waals surface area contributed by atoms with E-state index in [4.69, 9.17) is 38.0 Å². The highest BCUT2D eigenvalue weighted by atomic mass is 35.5. The number of amides is 1. The number of rotatable bonds is 11. The number of hydrogen-bond donors (Lipinski definition) is 4. The number of aliphatic hydroxyl groups excluding tert-OH is 1.